The molecule has 2 rings (SSSR count). The number of anilines is 1. The van der Waals surface area contributed by atoms with Crippen LogP contribution in [0.4, 0.5) is 15.6 Å². The molecule has 2 amide bonds. The third kappa shape index (κ3) is 3.63. The second kappa shape index (κ2) is 6.30. The lowest BCUT2D eigenvalue weighted by Gasteiger charge is -2.09. The molecule has 0 unspecified atom stereocenters. The SMILES string of the molecule is CN(C)C(=O)Nc1ncc(S(=O)(=O)c2ccc([N+](=O)[O-])cc2)s1. The van der Waals surface area contributed by atoms with Gasteiger partial charge in [0, 0.05) is 26.2 Å². The molecule has 2 aromatic rings. The summed E-state index contributed by atoms with van der Waals surface area (Å²) in [5.41, 5.74) is -0.202. The second-order valence-corrected chi connectivity index (χ2v) is 7.77. The minimum absolute atomic E-state index is 0.0691. The maximum atomic E-state index is 12.4. The Hall–Kier alpha value is -2.53. The van der Waals surface area contributed by atoms with Crippen LogP contribution in [-0.4, -0.2) is 43.4 Å². The summed E-state index contributed by atoms with van der Waals surface area (Å²) in [6.45, 7) is 0. The number of hydrogen-bond acceptors (Lipinski definition) is 7. The van der Waals surface area contributed by atoms with Crippen molar-refractivity contribution in [1.82, 2.24) is 9.88 Å². The van der Waals surface area contributed by atoms with E-state index in [0.29, 0.717) is 0 Å². The van der Waals surface area contributed by atoms with Gasteiger partial charge >= 0.3 is 6.03 Å². The molecule has 122 valence electrons. The Morgan fingerprint density at radius 2 is 1.91 bits per heavy atom. The van der Waals surface area contributed by atoms with Crippen molar-refractivity contribution in [3.63, 3.8) is 0 Å². The van der Waals surface area contributed by atoms with E-state index in [1.807, 2.05) is 0 Å². The van der Waals surface area contributed by atoms with Gasteiger partial charge in [0.15, 0.2) is 5.13 Å². The topological polar surface area (TPSA) is 123 Å². The number of carbonyl (C=O) groups excluding carboxylic acids is 1. The van der Waals surface area contributed by atoms with Gasteiger partial charge < -0.3 is 4.90 Å². The summed E-state index contributed by atoms with van der Waals surface area (Å²) in [6.07, 6.45) is 1.13. The lowest BCUT2D eigenvalue weighted by molar-refractivity contribution is -0.384. The minimum atomic E-state index is -3.85. The van der Waals surface area contributed by atoms with Gasteiger partial charge in [0.1, 0.15) is 4.21 Å². The molecular weight excluding hydrogens is 344 g/mol. The summed E-state index contributed by atoms with van der Waals surface area (Å²) in [6, 6.07) is 4.11. The van der Waals surface area contributed by atoms with Crippen molar-refractivity contribution in [2.75, 3.05) is 19.4 Å². The van der Waals surface area contributed by atoms with Gasteiger partial charge in [-0.15, -0.1) is 0 Å². The molecule has 0 aliphatic carbocycles. The van der Waals surface area contributed by atoms with Crippen LogP contribution in [0.2, 0.25) is 0 Å². The van der Waals surface area contributed by atoms with Gasteiger partial charge in [0.2, 0.25) is 9.84 Å². The van der Waals surface area contributed by atoms with Crippen LogP contribution < -0.4 is 5.32 Å². The number of amides is 2. The standard InChI is InChI=1S/C12H12N4O5S2/c1-15(2)12(17)14-11-13-7-10(22-11)23(20,21)9-5-3-8(4-6-9)16(18)19/h3-7H,1-2H3,(H,13,14,17). The summed E-state index contributed by atoms with van der Waals surface area (Å²) in [4.78, 5) is 26.5. The van der Waals surface area contributed by atoms with Crippen LogP contribution in [0.1, 0.15) is 0 Å². The maximum absolute atomic E-state index is 12.4. The molecule has 0 radical (unpaired) electrons. The minimum Gasteiger partial charge on any atom is -0.331 e. The highest BCUT2D eigenvalue weighted by Crippen LogP contribution is 2.29. The number of hydrogen-bond donors (Lipinski definition) is 1. The molecule has 0 aliphatic rings. The van der Waals surface area contributed by atoms with Crippen molar-refractivity contribution in [2.45, 2.75) is 9.10 Å². The van der Waals surface area contributed by atoms with Gasteiger partial charge in [0.25, 0.3) is 5.69 Å². The fourth-order valence-electron chi connectivity index (χ4n) is 1.51. The molecule has 0 spiro atoms. The molecule has 0 fully saturated rings. The van der Waals surface area contributed by atoms with Gasteiger partial charge in [-0.3, -0.25) is 15.4 Å². The Labute approximate surface area is 135 Å². The van der Waals surface area contributed by atoms with E-state index >= 15 is 0 Å². The van der Waals surface area contributed by atoms with E-state index in [1.165, 1.54) is 19.0 Å². The van der Waals surface area contributed by atoms with Crippen LogP contribution in [0.15, 0.2) is 39.6 Å². The third-order valence-corrected chi connectivity index (χ3v) is 5.87. The number of nitro benzene ring substituents is 1. The Morgan fingerprint density at radius 3 is 2.43 bits per heavy atom. The monoisotopic (exact) mass is 356 g/mol. The predicted octanol–water partition coefficient (Wildman–Crippen LogP) is 1.98. The number of urea groups is 1. The number of benzene rings is 1. The average Bonchev–Trinajstić information content (AvgIpc) is 2.96. The fraction of sp³-hybridized carbons (Fsp3) is 0.167. The number of thiazole rings is 1. The number of sulfone groups is 1. The van der Waals surface area contributed by atoms with Crippen LogP contribution in [0.3, 0.4) is 0 Å². The maximum Gasteiger partial charge on any atom is 0.323 e. The highest BCUT2D eigenvalue weighted by Gasteiger charge is 2.22. The van der Waals surface area contributed by atoms with Gasteiger partial charge in [-0.1, -0.05) is 11.3 Å². The van der Waals surface area contributed by atoms with Gasteiger partial charge in [-0.25, -0.2) is 18.2 Å². The number of nitro groups is 1. The first kappa shape index (κ1) is 16.8. The fourth-order valence-corrected chi connectivity index (χ4v) is 3.93. The zero-order valence-electron chi connectivity index (χ0n) is 12.1. The number of non-ortho nitro benzene ring substituents is 1. The van der Waals surface area contributed by atoms with Crippen molar-refractivity contribution in [1.29, 1.82) is 0 Å². The number of rotatable bonds is 4. The Morgan fingerprint density at radius 1 is 1.30 bits per heavy atom. The van der Waals surface area contributed by atoms with E-state index in [1.54, 1.807) is 0 Å². The predicted molar refractivity (Wildman–Crippen MR) is 83.4 cm³/mol. The van der Waals surface area contributed by atoms with E-state index in [4.69, 9.17) is 0 Å². The molecule has 0 saturated heterocycles. The Bertz CT molecular complexity index is 843. The van der Waals surface area contributed by atoms with E-state index in [9.17, 15) is 23.3 Å². The van der Waals surface area contributed by atoms with Crippen molar-refractivity contribution >= 4 is 38.0 Å². The lowest BCUT2D eigenvalue weighted by atomic mass is 10.3. The molecule has 9 nitrogen and oxygen atoms in total. The molecule has 0 aliphatic heterocycles. The first-order chi connectivity index (χ1) is 10.7. The zero-order chi connectivity index (χ0) is 17.2. The Kier molecular flexibility index (Phi) is 4.61. The van der Waals surface area contributed by atoms with Gasteiger partial charge in [0.05, 0.1) is 16.0 Å². The second-order valence-electron chi connectivity index (χ2n) is 4.56. The molecule has 0 bridgehead atoms. The molecule has 1 heterocycles. The van der Waals surface area contributed by atoms with Crippen LogP contribution >= 0.6 is 11.3 Å². The van der Waals surface area contributed by atoms with Crippen LogP contribution in [-0.2, 0) is 9.84 Å². The molecular formula is C12H12N4O5S2. The molecule has 23 heavy (non-hydrogen) atoms. The van der Waals surface area contributed by atoms with Crippen molar-refractivity contribution in [3.8, 4) is 0 Å². The molecule has 1 aromatic heterocycles. The Balaban J connectivity index is 2.28. The third-order valence-electron chi connectivity index (χ3n) is 2.73. The van der Waals surface area contributed by atoms with Crippen molar-refractivity contribution in [3.05, 3.63) is 40.6 Å². The summed E-state index contributed by atoms with van der Waals surface area (Å²) in [7, 11) is -0.770. The lowest BCUT2D eigenvalue weighted by Crippen LogP contribution is -2.27. The highest BCUT2D eigenvalue weighted by molar-refractivity contribution is 7.93. The normalized spacial score (nSPS) is 11.0. The average molecular weight is 356 g/mol. The molecule has 1 aromatic carbocycles. The van der Waals surface area contributed by atoms with Crippen LogP contribution in [0.25, 0.3) is 0 Å². The van der Waals surface area contributed by atoms with Crippen LogP contribution in [0.5, 0.6) is 0 Å². The first-order valence-electron chi connectivity index (χ1n) is 6.15. The van der Waals surface area contributed by atoms with Crippen LogP contribution in [0, 0.1) is 10.1 Å². The number of aromatic nitrogens is 1. The number of nitrogens with one attached hydrogen (secondary N) is 1. The van der Waals surface area contributed by atoms with Gasteiger partial charge in [-0.05, 0) is 12.1 Å². The van der Waals surface area contributed by atoms with Crippen molar-refractivity contribution in [2.24, 2.45) is 0 Å². The van der Waals surface area contributed by atoms with E-state index < -0.39 is 20.8 Å². The van der Waals surface area contributed by atoms with Gasteiger partial charge in [-0.2, -0.15) is 0 Å². The molecule has 0 atom stereocenters. The van der Waals surface area contributed by atoms with E-state index in [-0.39, 0.29) is 19.9 Å². The number of nitrogens with zero attached hydrogens (tertiary/aromatic N) is 3. The largest absolute Gasteiger partial charge is 0.331 e. The first-order valence-corrected chi connectivity index (χ1v) is 8.45. The van der Waals surface area contributed by atoms with E-state index in [0.717, 1.165) is 41.8 Å². The molecule has 0 saturated carbocycles. The van der Waals surface area contributed by atoms with Crippen molar-refractivity contribution < 1.29 is 18.1 Å². The van der Waals surface area contributed by atoms with E-state index in [2.05, 4.69) is 10.3 Å². The zero-order valence-corrected chi connectivity index (χ0v) is 13.7. The molecule has 1 N–H and O–H groups in total. The smallest absolute Gasteiger partial charge is 0.323 e. The molecule has 11 heteroatoms. The summed E-state index contributed by atoms with van der Waals surface area (Å²) >= 11 is 0.799. The summed E-state index contributed by atoms with van der Waals surface area (Å²) in [5, 5.41) is 13.2. The summed E-state index contributed by atoms with van der Waals surface area (Å²) < 4.78 is 24.8. The summed E-state index contributed by atoms with van der Waals surface area (Å²) in [5.74, 6) is 0. The number of carbonyl (C=O) groups is 1. The highest BCUT2D eigenvalue weighted by atomic mass is 32.2. The quantitative estimate of drug-likeness (QED) is 0.660.